The molecule has 13 nitrogen and oxygen atoms in total. The van der Waals surface area contributed by atoms with Crippen LogP contribution in [-0.2, 0) is 14.3 Å². The minimum atomic E-state index is -0.574. The van der Waals surface area contributed by atoms with Gasteiger partial charge in [0.25, 0.3) is 0 Å². The van der Waals surface area contributed by atoms with Crippen LogP contribution in [0.25, 0.3) is 23.0 Å². The van der Waals surface area contributed by atoms with Crippen molar-refractivity contribution in [3.05, 3.63) is 77.2 Å². The first-order chi connectivity index (χ1) is 21.5. The van der Waals surface area contributed by atoms with Gasteiger partial charge >= 0.3 is 6.09 Å². The number of halogens is 1. The molecule has 2 bridgehead atoms. The lowest BCUT2D eigenvalue weighted by Gasteiger charge is -2.19. The Balaban J connectivity index is 1.41. The smallest absolute Gasteiger partial charge is 0.411 e. The molecule has 2 aromatic heterocycles. The predicted molar refractivity (Wildman–Crippen MR) is 165 cm³/mol. The molecule has 0 fully saturated rings. The van der Waals surface area contributed by atoms with E-state index in [1.807, 2.05) is 12.1 Å². The van der Waals surface area contributed by atoms with Crippen LogP contribution < -0.4 is 16.0 Å². The van der Waals surface area contributed by atoms with Crippen molar-refractivity contribution in [3.8, 4) is 16.9 Å². The highest BCUT2D eigenvalue weighted by Gasteiger charge is 2.18. The lowest BCUT2D eigenvalue weighted by Crippen LogP contribution is -2.27. The molecule has 5 rings (SSSR count). The van der Waals surface area contributed by atoms with Crippen LogP contribution in [-0.4, -0.2) is 62.9 Å². The third-order valence-corrected chi connectivity index (χ3v) is 7.25. The molecule has 3 heterocycles. The van der Waals surface area contributed by atoms with E-state index in [2.05, 4.69) is 41.7 Å². The van der Waals surface area contributed by atoms with E-state index >= 15 is 0 Å². The second kappa shape index (κ2) is 15.0. The zero-order valence-corrected chi connectivity index (χ0v) is 24.8. The molecule has 0 aliphatic carbocycles. The van der Waals surface area contributed by atoms with Gasteiger partial charge in [0.1, 0.15) is 13.1 Å². The number of carbonyl (C=O) groups is 2. The third-order valence-electron chi connectivity index (χ3n) is 7.02. The van der Waals surface area contributed by atoms with Gasteiger partial charge in [-0.25, -0.2) is 4.79 Å². The molecule has 0 radical (unpaired) electrons. The zero-order valence-electron chi connectivity index (χ0n) is 24.1. The Bertz CT molecular complexity index is 1610. The van der Waals surface area contributed by atoms with Crippen LogP contribution in [0.5, 0.6) is 0 Å². The molecular weight excluding hydrogens is 586 g/mol. The van der Waals surface area contributed by atoms with Gasteiger partial charge in [0.2, 0.25) is 5.91 Å². The summed E-state index contributed by atoms with van der Waals surface area (Å²) in [5.41, 5.74) is 4.79. The van der Waals surface area contributed by atoms with E-state index in [9.17, 15) is 9.59 Å². The Hall–Kier alpha value is -4.88. The summed E-state index contributed by atoms with van der Waals surface area (Å²) in [7, 11) is 1.31. The topological polar surface area (TPSA) is 158 Å². The lowest BCUT2D eigenvalue weighted by atomic mass is 9.99. The molecule has 228 valence electrons. The van der Waals surface area contributed by atoms with Crippen molar-refractivity contribution in [2.24, 2.45) is 0 Å². The van der Waals surface area contributed by atoms with E-state index in [1.165, 1.54) is 24.2 Å². The summed E-state index contributed by atoms with van der Waals surface area (Å²) in [4.78, 5) is 25.0. The van der Waals surface area contributed by atoms with Gasteiger partial charge in [-0.05, 0) is 77.4 Å². The monoisotopic (exact) mass is 617 g/mol. The number of nitrogens with one attached hydrogen (secondary N) is 3. The summed E-state index contributed by atoms with van der Waals surface area (Å²) >= 11 is 6.23. The predicted octanol–water partition coefficient (Wildman–Crippen LogP) is 5.17. The average molecular weight is 618 g/mol. The first-order valence-electron chi connectivity index (χ1n) is 14.2. The fourth-order valence-corrected chi connectivity index (χ4v) is 5.00. The number of fused-ring (bicyclic) bond motifs is 4. The van der Waals surface area contributed by atoms with E-state index < -0.39 is 6.09 Å². The second-order valence-electron chi connectivity index (χ2n) is 10.0. The van der Waals surface area contributed by atoms with Crippen molar-refractivity contribution >= 4 is 41.1 Å². The fraction of sp³-hybridized carbons (Fsp3) is 0.300. The van der Waals surface area contributed by atoms with Gasteiger partial charge in [0, 0.05) is 40.2 Å². The Morgan fingerprint density at radius 3 is 2.84 bits per heavy atom. The summed E-state index contributed by atoms with van der Waals surface area (Å²) in [6, 6.07) is 12.2. The Labute approximate surface area is 259 Å². The van der Waals surface area contributed by atoms with Gasteiger partial charge in [-0.15, -0.1) is 5.10 Å². The van der Waals surface area contributed by atoms with E-state index in [-0.39, 0.29) is 18.7 Å². The third kappa shape index (κ3) is 8.14. The molecule has 2 amide bonds. The molecular formula is C30H32ClN9O4. The van der Waals surface area contributed by atoms with Crippen molar-refractivity contribution in [2.45, 2.75) is 38.1 Å². The molecule has 0 saturated carbocycles. The summed E-state index contributed by atoms with van der Waals surface area (Å²) in [5.74, 6) is -0.275. The van der Waals surface area contributed by atoms with Crippen LogP contribution in [0.15, 0.2) is 61.1 Å². The maximum absolute atomic E-state index is 13.2. The van der Waals surface area contributed by atoms with Crippen LogP contribution in [0.4, 0.5) is 16.2 Å². The standard InChI is InChI=1S/C30H32ClN9O4/c1-43-30(42)35-23-9-10-24-26(16-23)32-19-44-13-5-3-2-4-6-25(21-15-27(24)37-33-17-21)36-29(41)12-7-20-14-22(31)8-11-28(20)40-18-34-38-39-40/h7-12,14-18,25,32H,2-6,13,19H2,1H3,(H,35,42)(H,36,41)/b12-7+. The summed E-state index contributed by atoms with van der Waals surface area (Å²) in [6.45, 7) is 0.895. The molecule has 44 heavy (non-hydrogen) atoms. The number of tetrazole rings is 1. The number of ether oxygens (including phenoxy) is 2. The van der Waals surface area contributed by atoms with E-state index in [0.29, 0.717) is 46.4 Å². The van der Waals surface area contributed by atoms with Gasteiger partial charge in [-0.1, -0.05) is 30.9 Å². The molecule has 1 aliphatic heterocycles. The average Bonchev–Trinajstić information content (AvgIpc) is 3.57. The quantitative estimate of drug-likeness (QED) is 0.255. The zero-order chi connectivity index (χ0) is 30.7. The van der Waals surface area contributed by atoms with Crippen LogP contribution >= 0.6 is 11.6 Å². The fourth-order valence-electron chi connectivity index (χ4n) is 4.82. The molecule has 1 aliphatic rings. The van der Waals surface area contributed by atoms with Crippen molar-refractivity contribution in [2.75, 3.05) is 31.1 Å². The first-order valence-corrected chi connectivity index (χ1v) is 14.5. The van der Waals surface area contributed by atoms with Crippen LogP contribution in [0.3, 0.4) is 0 Å². The van der Waals surface area contributed by atoms with E-state index in [1.54, 1.807) is 42.6 Å². The van der Waals surface area contributed by atoms with Crippen molar-refractivity contribution in [1.82, 2.24) is 35.7 Å². The van der Waals surface area contributed by atoms with Crippen LogP contribution in [0, 0.1) is 0 Å². The number of amides is 2. The SMILES string of the molecule is COC(=O)Nc1ccc2c(c1)NCOCCCCCCC(NC(=O)/C=C/c1cc(Cl)ccc1-n1cnnn1)c1cnnc-2c1. The minimum Gasteiger partial charge on any atom is -0.453 e. The molecule has 1 atom stereocenters. The molecule has 0 saturated heterocycles. The maximum atomic E-state index is 13.2. The molecule has 3 N–H and O–H groups in total. The van der Waals surface area contributed by atoms with Gasteiger partial charge in [0.05, 0.1) is 30.7 Å². The molecule has 1 unspecified atom stereocenters. The number of hydrogen-bond acceptors (Lipinski definition) is 10. The maximum Gasteiger partial charge on any atom is 0.411 e. The molecule has 0 spiro atoms. The molecule has 14 heteroatoms. The highest BCUT2D eigenvalue weighted by atomic mass is 35.5. The van der Waals surface area contributed by atoms with Crippen LogP contribution in [0.2, 0.25) is 5.02 Å². The number of aromatic nitrogens is 6. The van der Waals surface area contributed by atoms with Gasteiger partial charge < -0.3 is 20.1 Å². The Kier molecular flexibility index (Phi) is 10.4. The normalized spacial score (nSPS) is 15.7. The largest absolute Gasteiger partial charge is 0.453 e. The van der Waals surface area contributed by atoms with E-state index in [0.717, 1.165) is 36.8 Å². The van der Waals surface area contributed by atoms with Crippen molar-refractivity contribution < 1.29 is 19.1 Å². The lowest BCUT2D eigenvalue weighted by molar-refractivity contribution is -0.117. The Morgan fingerprint density at radius 2 is 2.00 bits per heavy atom. The highest BCUT2D eigenvalue weighted by molar-refractivity contribution is 6.30. The number of rotatable bonds is 5. The van der Waals surface area contributed by atoms with Crippen LogP contribution in [0.1, 0.15) is 49.3 Å². The Morgan fingerprint density at radius 1 is 1.11 bits per heavy atom. The van der Waals surface area contributed by atoms with Crippen molar-refractivity contribution in [3.63, 3.8) is 0 Å². The number of anilines is 2. The van der Waals surface area contributed by atoms with E-state index in [4.69, 9.17) is 21.1 Å². The summed E-state index contributed by atoms with van der Waals surface area (Å²) in [5, 5.41) is 29.6. The number of hydrogen-bond donors (Lipinski definition) is 3. The highest BCUT2D eigenvalue weighted by Crippen LogP contribution is 2.32. The molecule has 2 aromatic carbocycles. The number of benzene rings is 2. The van der Waals surface area contributed by atoms with Gasteiger partial charge in [0.15, 0.2) is 0 Å². The number of nitrogens with zero attached hydrogens (tertiary/aromatic N) is 6. The molecule has 4 aromatic rings. The summed E-state index contributed by atoms with van der Waals surface area (Å²) < 4.78 is 12.0. The first kappa shape index (κ1) is 30.6. The number of methoxy groups -OCH3 is 1. The number of carbonyl (C=O) groups excluding carboxylic acids is 2. The summed E-state index contributed by atoms with van der Waals surface area (Å²) in [6.07, 6.45) is 10.2. The van der Waals surface area contributed by atoms with Gasteiger partial charge in [-0.3, -0.25) is 10.1 Å². The van der Waals surface area contributed by atoms with Gasteiger partial charge in [-0.2, -0.15) is 14.9 Å². The second-order valence-corrected chi connectivity index (χ2v) is 10.5. The minimum absolute atomic E-state index is 0.275. The van der Waals surface area contributed by atoms with Crippen molar-refractivity contribution in [1.29, 1.82) is 0 Å².